The molecular weight excluding hydrogens is 426 g/mol. The molecular formula is C21H26ClN3O4S. The molecule has 2 aromatic carbocycles. The lowest BCUT2D eigenvalue weighted by Gasteiger charge is -2.26. The maximum Gasteiger partial charge on any atom is 0.241 e. The normalized spacial score (nSPS) is 15.0. The molecule has 2 aromatic rings. The Bertz CT molecular complexity index is 960. The summed E-state index contributed by atoms with van der Waals surface area (Å²) in [5.74, 6) is -0.391. The Morgan fingerprint density at radius 1 is 1.13 bits per heavy atom. The van der Waals surface area contributed by atoms with Gasteiger partial charge in [-0.15, -0.1) is 0 Å². The van der Waals surface area contributed by atoms with Gasteiger partial charge in [-0.1, -0.05) is 41.9 Å². The summed E-state index contributed by atoms with van der Waals surface area (Å²) in [5, 5.41) is 3.18. The zero-order chi connectivity index (χ0) is 21.6. The number of sulfonamides is 1. The van der Waals surface area contributed by atoms with Crippen LogP contribution < -0.4 is 9.62 Å². The fraction of sp³-hybridized carbons (Fsp3) is 0.381. The summed E-state index contributed by atoms with van der Waals surface area (Å²) in [6.45, 7) is 4.28. The molecule has 1 heterocycles. The van der Waals surface area contributed by atoms with E-state index >= 15 is 0 Å². The van der Waals surface area contributed by atoms with Gasteiger partial charge in [-0.2, -0.15) is 0 Å². The number of carbonyl (C=O) groups is 1. The second kappa shape index (κ2) is 10.3. The van der Waals surface area contributed by atoms with Crippen LogP contribution in [0, 0.1) is 0 Å². The Hall–Kier alpha value is -2.13. The van der Waals surface area contributed by atoms with Gasteiger partial charge in [0.1, 0.15) is 6.54 Å². The molecule has 0 aliphatic carbocycles. The van der Waals surface area contributed by atoms with Crippen molar-refractivity contribution in [3.8, 4) is 0 Å². The van der Waals surface area contributed by atoms with Gasteiger partial charge in [-0.05, 0) is 29.3 Å². The van der Waals surface area contributed by atoms with Gasteiger partial charge in [0.2, 0.25) is 15.9 Å². The predicted octanol–water partition coefficient (Wildman–Crippen LogP) is 2.25. The molecule has 0 bridgehead atoms. The van der Waals surface area contributed by atoms with Gasteiger partial charge >= 0.3 is 0 Å². The van der Waals surface area contributed by atoms with Crippen LogP contribution in [0.2, 0.25) is 5.02 Å². The van der Waals surface area contributed by atoms with Gasteiger partial charge in [0, 0.05) is 31.2 Å². The van der Waals surface area contributed by atoms with Crippen molar-refractivity contribution in [3.05, 3.63) is 64.7 Å². The Labute approximate surface area is 182 Å². The average Bonchev–Trinajstić information content (AvgIpc) is 2.71. The molecule has 9 heteroatoms. The summed E-state index contributed by atoms with van der Waals surface area (Å²) in [6.07, 6.45) is 1.06. The highest BCUT2D eigenvalue weighted by atomic mass is 35.5. The molecule has 0 aromatic heterocycles. The Kier molecular flexibility index (Phi) is 7.71. The third-order valence-electron chi connectivity index (χ3n) is 4.81. The minimum atomic E-state index is -3.63. The number of halogens is 1. The number of nitrogens with zero attached hydrogens (tertiary/aromatic N) is 2. The highest BCUT2D eigenvalue weighted by Gasteiger charge is 2.21. The minimum absolute atomic E-state index is 0.311. The largest absolute Gasteiger partial charge is 0.379 e. The lowest BCUT2D eigenvalue weighted by atomic mass is 10.1. The van der Waals surface area contributed by atoms with E-state index in [1.165, 1.54) is 11.6 Å². The van der Waals surface area contributed by atoms with Gasteiger partial charge < -0.3 is 10.1 Å². The first kappa shape index (κ1) is 22.6. The number of morpholine rings is 1. The van der Waals surface area contributed by atoms with Crippen molar-refractivity contribution < 1.29 is 17.9 Å². The summed E-state index contributed by atoms with van der Waals surface area (Å²) in [5.41, 5.74) is 2.51. The topological polar surface area (TPSA) is 79.0 Å². The van der Waals surface area contributed by atoms with E-state index in [1.807, 2.05) is 24.3 Å². The van der Waals surface area contributed by atoms with Crippen LogP contribution in [0.3, 0.4) is 0 Å². The summed E-state index contributed by atoms with van der Waals surface area (Å²) >= 11 is 5.96. The third-order valence-corrected chi connectivity index (χ3v) is 6.18. The van der Waals surface area contributed by atoms with Crippen molar-refractivity contribution in [2.24, 2.45) is 0 Å². The van der Waals surface area contributed by atoms with Crippen molar-refractivity contribution in [3.63, 3.8) is 0 Å². The molecule has 3 rings (SSSR count). The fourth-order valence-corrected chi connectivity index (χ4v) is 4.23. The van der Waals surface area contributed by atoms with Crippen LogP contribution in [0.4, 0.5) is 5.69 Å². The summed E-state index contributed by atoms with van der Waals surface area (Å²) < 4.78 is 30.7. The van der Waals surface area contributed by atoms with Gasteiger partial charge in [0.25, 0.3) is 0 Å². The smallest absolute Gasteiger partial charge is 0.241 e. The number of amides is 1. The quantitative estimate of drug-likeness (QED) is 0.666. The zero-order valence-electron chi connectivity index (χ0n) is 16.9. The molecule has 0 saturated carbocycles. The summed E-state index contributed by atoms with van der Waals surface area (Å²) in [4.78, 5) is 14.7. The first-order valence-electron chi connectivity index (χ1n) is 9.69. The SMILES string of the molecule is CS(=O)(=O)N(CC(=O)NCc1ccc(CN2CCOCC2)cc1)c1cccc(Cl)c1. The number of nitrogens with one attached hydrogen (secondary N) is 1. The Morgan fingerprint density at radius 3 is 2.43 bits per heavy atom. The summed E-state index contributed by atoms with van der Waals surface area (Å²) in [7, 11) is -3.63. The van der Waals surface area contributed by atoms with Crippen LogP contribution in [0.5, 0.6) is 0 Å². The van der Waals surface area contributed by atoms with Gasteiger partial charge in [-0.25, -0.2) is 8.42 Å². The van der Waals surface area contributed by atoms with Gasteiger partial charge in [-0.3, -0.25) is 14.0 Å². The standard InChI is InChI=1S/C21H26ClN3O4S/c1-30(27,28)25(20-4-2-3-19(22)13-20)16-21(26)23-14-17-5-7-18(8-6-17)15-24-9-11-29-12-10-24/h2-8,13H,9-12,14-16H2,1H3,(H,23,26). The van der Waals surface area contributed by atoms with Crippen LogP contribution in [-0.4, -0.2) is 58.3 Å². The maximum atomic E-state index is 12.4. The van der Waals surface area contributed by atoms with Crippen molar-refractivity contribution >= 4 is 33.2 Å². The second-order valence-corrected chi connectivity index (χ2v) is 9.57. The molecule has 1 N–H and O–H groups in total. The van der Waals surface area contributed by atoms with E-state index < -0.39 is 15.9 Å². The lowest BCUT2D eigenvalue weighted by molar-refractivity contribution is -0.119. The number of hydrogen-bond acceptors (Lipinski definition) is 5. The number of ether oxygens (including phenoxy) is 1. The van der Waals surface area contributed by atoms with E-state index in [0.717, 1.165) is 49.0 Å². The van der Waals surface area contributed by atoms with E-state index in [0.29, 0.717) is 17.3 Å². The van der Waals surface area contributed by atoms with Crippen LogP contribution in [0.15, 0.2) is 48.5 Å². The van der Waals surface area contributed by atoms with Crippen LogP contribution in [0.25, 0.3) is 0 Å². The highest BCUT2D eigenvalue weighted by Crippen LogP contribution is 2.21. The van der Waals surface area contributed by atoms with Crippen LogP contribution in [0.1, 0.15) is 11.1 Å². The predicted molar refractivity (Wildman–Crippen MR) is 118 cm³/mol. The van der Waals surface area contributed by atoms with E-state index in [4.69, 9.17) is 16.3 Å². The van der Waals surface area contributed by atoms with E-state index in [9.17, 15) is 13.2 Å². The Balaban J connectivity index is 1.55. The number of rotatable bonds is 8. The molecule has 1 saturated heterocycles. The molecule has 1 aliphatic rings. The lowest BCUT2D eigenvalue weighted by Crippen LogP contribution is -2.40. The van der Waals surface area contributed by atoms with E-state index in [-0.39, 0.29) is 6.54 Å². The van der Waals surface area contributed by atoms with E-state index in [1.54, 1.807) is 18.2 Å². The van der Waals surface area contributed by atoms with Crippen molar-refractivity contribution in [2.45, 2.75) is 13.1 Å². The van der Waals surface area contributed by atoms with Gasteiger partial charge in [0.15, 0.2) is 0 Å². The van der Waals surface area contributed by atoms with Crippen molar-refractivity contribution in [1.29, 1.82) is 0 Å². The van der Waals surface area contributed by atoms with Crippen LogP contribution in [-0.2, 0) is 32.6 Å². The average molecular weight is 452 g/mol. The monoisotopic (exact) mass is 451 g/mol. The number of carbonyl (C=O) groups excluding carboxylic acids is 1. The van der Waals surface area contributed by atoms with E-state index in [2.05, 4.69) is 10.2 Å². The molecule has 7 nitrogen and oxygen atoms in total. The van der Waals surface area contributed by atoms with Crippen molar-refractivity contribution in [1.82, 2.24) is 10.2 Å². The molecule has 30 heavy (non-hydrogen) atoms. The zero-order valence-corrected chi connectivity index (χ0v) is 18.5. The second-order valence-electron chi connectivity index (χ2n) is 7.23. The fourth-order valence-electron chi connectivity index (χ4n) is 3.20. The molecule has 0 unspecified atom stereocenters. The first-order chi connectivity index (χ1) is 14.3. The minimum Gasteiger partial charge on any atom is -0.379 e. The van der Waals surface area contributed by atoms with Crippen molar-refractivity contribution in [2.75, 3.05) is 43.4 Å². The molecule has 1 aliphatic heterocycles. The Morgan fingerprint density at radius 2 is 1.80 bits per heavy atom. The summed E-state index contributed by atoms with van der Waals surface area (Å²) in [6, 6.07) is 14.5. The molecule has 0 spiro atoms. The molecule has 1 fully saturated rings. The number of benzene rings is 2. The maximum absolute atomic E-state index is 12.4. The first-order valence-corrected chi connectivity index (χ1v) is 11.9. The highest BCUT2D eigenvalue weighted by molar-refractivity contribution is 7.92. The number of hydrogen-bond donors (Lipinski definition) is 1. The molecule has 1 amide bonds. The molecule has 0 atom stereocenters. The van der Waals surface area contributed by atoms with Gasteiger partial charge in [0.05, 0.1) is 25.2 Å². The molecule has 0 radical (unpaired) electrons. The number of anilines is 1. The third kappa shape index (κ3) is 6.70. The van der Waals surface area contributed by atoms with Crippen LogP contribution >= 0.6 is 11.6 Å². The molecule has 162 valence electrons.